The lowest BCUT2D eigenvalue weighted by Gasteiger charge is -2.44. The van der Waals surface area contributed by atoms with Crippen molar-refractivity contribution in [2.45, 2.75) is 31.3 Å². The molecule has 1 saturated carbocycles. The summed E-state index contributed by atoms with van der Waals surface area (Å²) in [6, 6.07) is 0. The van der Waals surface area contributed by atoms with Crippen LogP contribution in [0.25, 0.3) is 0 Å². The van der Waals surface area contributed by atoms with E-state index < -0.39 is 11.1 Å². The summed E-state index contributed by atoms with van der Waals surface area (Å²) in [6.45, 7) is -0.198. The second-order valence-electron chi connectivity index (χ2n) is 4.53. The van der Waals surface area contributed by atoms with Crippen LogP contribution in [-0.2, 0) is 19.2 Å². The lowest BCUT2D eigenvalue weighted by Crippen LogP contribution is -2.52. The van der Waals surface area contributed by atoms with Crippen LogP contribution in [0.1, 0.15) is 25.7 Å². The topological polar surface area (TPSA) is 118 Å². The molecule has 1 aliphatic carbocycles. The molecule has 0 spiro atoms. The Kier molecular flexibility index (Phi) is 5.60. The minimum Gasteiger partial charge on any atom is -0.211 e. The minimum absolute atomic E-state index is 0.0992. The molecule has 0 bridgehead atoms. The van der Waals surface area contributed by atoms with Gasteiger partial charge in [0.2, 0.25) is 24.3 Å². The Morgan fingerprint density at radius 2 is 1.25 bits per heavy atom. The average molecular weight is 276 g/mol. The van der Waals surface area contributed by atoms with Crippen LogP contribution >= 0.6 is 0 Å². The SMILES string of the molecule is O=C=NCC1(CN=C=O)CCCCC1(N=C=O)N=C=O. The fourth-order valence-electron chi connectivity index (χ4n) is 2.65. The first-order chi connectivity index (χ1) is 9.70. The lowest BCUT2D eigenvalue weighted by atomic mass is 9.66. The van der Waals surface area contributed by atoms with Gasteiger partial charge in [0, 0.05) is 0 Å². The molecule has 0 radical (unpaired) electrons. The van der Waals surface area contributed by atoms with Crippen molar-refractivity contribution in [3.8, 4) is 0 Å². The van der Waals surface area contributed by atoms with E-state index in [1.54, 1.807) is 0 Å². The van der Waals surface area contributed by atoms with E-state index in [0.29, 0.717) is 19.3 Å². The summed E-state index contributed by atoms with van der Waals surface area (Å²) in [5.41, 5.74) is -2.47. The van der Waals surface area contributed by atoms with Gasteiger partial charge in [0.1, 0.15) is 0 Å². The van der Waals surface area contributed by atoms with Crippen molar-refractivity contribution < 1.29 is 19.2 Å². The van der Waals surface area contributed by atoms with Gasteiger partial charge in [0.15, 0.2) is 5.66 Å². The Bertz CT molecular complexity index is 510. The summed E-state index contributed by atoms with van der Waals surface area (Å²) in [5, 5.41) is 0. The molecule has 0 amide bonds. The Labute approximate surface area is 114 Å². The maximum Gasteiger partial charge on any atom is 0.237 e. The van der Waals surface area contributed by atoms with Crippen LogP contribution in [0, 0.1) is 5.41 Å². The van der Waals surface area contributed by atoms with Gasteiger partial charge < -0.3 is 0 Å². The molecular weight excluding hydrogens is 264 g/mol. The molecule has 0 aliphatic heterocycles. The van der Waals surface area contributed by atoms with Crippen molar-refractivity contribution in [2.75, 3.05) is 13.1 Å². The molecule has 8 heteroatoms. The number of nitrogens with zero attached hydrogens (tertiary/aromatic N) is 4. The number of hydrogen-bond donors (Lipinski definition) is 0. The highest BCUT2D eigenvalue weighted by Crippen LogP contribution is 2.48. The van der Waals surface area contributed by atoms with Gasteiger partial charge in [0.25, 0.3) is 0 Å². The highest BCUT2D eigenvalue weighted by Gasteiger charge is 2.54. The second-order valence-corrected chi connectivity index (χ2v) is 4.53. The number of hydrogen-bond acceptors (Lipinski definition) is 8. The van der Waals surface area contributed by atoms with E-state index >= 15 is 0 Å². The molecular formula is C12H12N4O4. The molecule has 0 aromatic heterocycles. The summed E-state index contributed by atoms with van der Waals surface area (Å²) in [6.07, 6.45) is 7.72. The number of carbonyl (C=O) groups excluding carboxylic acids is 4. The summed E-state index contributed by atoms with van der Waals surface area (Å²) in [7, 11) is 0. The predicted octanol–water partition coefficient (Wildman–Crippen LogP) is 0.586. The predicted molar refractivity (Wildman–Crippen MR) is 65.9 cm³/mol. The summed E-state index contributed by atoms with van der Waals surface area (Å²) < 4.78 is 0. The van der Waals surface area contributed by atoms with E-state index in [4.69, 9.17) is 0 Å². The first-order valence-electron chi connectivity index (χ1n) is 5.95. The fraction of sp³-hybridized carbons (Fsp3) is 0.667. The summed E-state index contributed by atoms with van der Waals surface area (Å²) in [5.74, 6) is 0. The summed E-state index contributed by atoms with van der Waals surface area (Å²) in [4.78, 5) is 56.4. The molecule has 1 fully saturated rings. The highest BCUT2D eigenvalue weighted by atomic mass is 16.1. The zero-order valence-electron chi connectivity index (χ0n) is 10.7. The molecule has 0 N–H and O–H groups in total. The molecule has 20 heavy (non-hydrogen) atoms. The van der Waals surface area contributed by atoms with Crippen LogP contribution in [-0.4, -0.2) is 43.1 Å². The normalized spacial score (nSPS) is 28.0. The van der Waals surface area contributed by atoms with Gasteiger partial charge in [-0.2, -0.15) is 9.98 Å². The molecule has 0 heterocycles. The number of aliphatic imine (C=N–C) groups is 4. The van der Waals surface area contributed by atoms with Gasteiger partial charge in [-0.25, -0.2) is 29.2 Å². The van der Waals surface area contributed by atoms with E-state index in [1.807, 2.05) is 0 Å². The quantitative estimate of drug-likeness (QED) is 0.521. The molecule has 0 atom stereocenters. The Morgan fingerprint density at radius 3 is 1.70 bits per heavy atom. The Hall–Kier alpha value is -2.48. The number of isocyanates is 4. The van der Waals surface area contributed by atoms with E-state index in [2.05, 4.69) is 20.0 Å². The first kappa shape index (κ1) is 15.6. The van der Waals surface area contributed by atoms with E-state index in [0.717, 1.165) is 6.42 Å². The second kappa shape index (κ2) is 7.19. The zero-order chi connectivity index (χ0) is 14.9. The van der Waals surface area contributed by atoms with E-state index in [1.165, 1.54) is 24.3 Å². The van der Waals surface area contributed by atoms with E-state index in [-0.39, 0.29) is 13.1 Å². The number of rotatable bonds is 6. The smallest absolute Gasteiger partial charge is 0.211 e. The zero-order valence-corrected chi connectivity index (χ0v) is 10.7. The molecule has 1 aliphatic rings. The van der Waals surface area contributed by atoms with E-state index in [9.17, 15) is 19.2 Å². The maximum atomic E-state index is 10.7. The standard InChI is InChI=1S/C12H12N4O4/c17-7-13-5-11(6-14-8-18)3-1-2-4-12(11,15-9-19)16-10-20/h1-6H2. The first-order valence-corrected chi connectivity index (χ1v) is 5.95. The molecule has 0 aromatic carbocycles. The van der Waals surface area contributed by atoms with Crippen LogP contribution in [0.2, 0.25) is 0 Å². The van der Waals surface area contributed by atoms with Crippen LogP contribution in [0.4, 0.5) is 0 Å². The molecule has 0 aromatic rings. The third-order valence-electron chi connectivity index (χ3n) is 3.63. The van der Waals surface area contributed by atoms with Gasteiger partial charge in [-0.1, -0.05) is 6.42 Å². The van der Waals surface area contributed by atoms with Crippen LogP contribution < -0.4 is 0 Å². The fourth-order valence-corrected chi connectivity index (χ4v) is 2.65. The van der Waals surface area contributed by atoms with Crippen molar-refractivity contribution in [1.82, 2.24) is 0 Å². The van der Waals surface area contributed by atoms with Gasteiger partial charge in [-0.15, -0.1) is 0 Å². The largest absolute Gasteiger partial charge is 0.237 e. The van der Waals surface area contributed by atoms with Crippen LogP contribution in [0.15, 0.2) is 20.0 Å². The third kappa shape index (κ3) is 2.91. The third-order valence-corrected chi connectivity index (χ3v) is 3.63. The highest BCUT2D eigenvalue weighted by molar-refractivity contribution is 5.41. The molecule has 0 unspecified atom stereocenters. The van der Waals surface area contributed by atoms with Gasteiger partial charge in [0.05, 0.1) is 18.5 Å². The van der Waals surface area contributed by atoms with Crippen molar-refractivity contribution in [3.63, 3.8) is 0 Å². The van der Waals surface area contributed by atoms with Crippen molar-refractivity contribution >= 4 is 24.3 Å². The van der Waals surface area contributed by atoms with Gasteiger partial charge >= 0.3 is 0 Å². The average Bonchev–Trinajstić information content (AvgIpc) is 2.46. The van der Waals surface area contributed by atoms with Crippen LogP contribution in [0.5, 0.6) is 0 Å². The van der Waals surface area contributed by atoms with Crippen molar-refractivity contribution in [1.29, 1.82) is 0 Å². The van der Waals surface area contributed by atoms with Crippen molar-refractivity contribution in [3.05, 3.63) is 0 Å². The molecule has 8 nitrogen and oxygen atoms in total. The van der Waals surface area contributed by atoms with Crippen LogP contribution in [0.3, 0.4) is 0 Å². The van der Waals surface area contributed by atoms with Gasteiger partial charge in [-0.05, 0) is 19.3 Å². The maximum absolute atomic E-state index is 10.7. The minimum atomic E-state index is -1.45. The Balaban J connectivity index is 3.43. The van der Waals surface area contributed by atoms with Crippen molar-refractivity contribution in [2.24, 2.45) is 25.4 Å². The molecule has 104 valence electrons. The summed E-state index contributed by atoms with van der Waals surface area (Å²) >= 11 is 0. The monoisotopic (exact) mass is 276 g/mol. The Morgan fingerprint density at radius 1 is 0.750 bits per heavy atom. The molecule has 0 saturated heterocycles. The molecule has 1 rings (SSSR count). The van der Waals surface area contributed by atoms with Gasteiger partial charge in [-0.3, -0.25) is 0 Å². The lowest BCUT2D eigenvalue weighted by molar-refractivity contribution is 0.0872.